The van der Waals surface area contributed by atoms with Gasteiger partial charge >= 0.3 is 0 Å². The number of aromatic nitrogens is 2. The Morgan fingerprint density at radius 1 is 0.929 bits per heavy atom. The monoisotopic (exact) mass is 375 g/mol. The highest BCUT2D eigenvalue weighted by Gasteiger charge is 2.22. The van der Waals surface area contributed by atoms with E-state index in [1.165, 1.54) is 0 Å². The predicted molar refractivity (Wildman–Crippen MR) is 103 cm³/mol. The summed E-state index contributed by atoms with van der Waals surface area (Å²) in [4.78, 5) is 23.4. The molecule has 3 aromatic rings. The molecule has 3 heterocycles. The number of pyridine rings is 2. The molecule has 0 bridgehead atoms. The summed E-state index contributed by atoms with van der Waals surface area (Å²) in [5.74, 6) is -0.0551. The summed E-state index contributed by atoms with van der Waals surface area (Å²) >= 11 is 0. The van der Waals surface area contributed by atoms with Gasteiger partial charge in [0.15, 0.2) is 6.29 Å². The minimum Gasteiger partial charge on any atom is -0.346 e. The third-order valence-corrected chi connectivity index (χ3v) is 4.53. The lowest BCUT2D eigenvalue weighted by Gasteiger charge is -2.23. The fourth-order valence-corrected chi connectivity index (χ4v) is 3.17. The number of ether oxygens (including phenoxy) is 2. The molecule has 1 aliphatic heterocycles. The maximum atomic E-state index is 13.3. The lowest BCUT2D eigenvalue weighted by Crippen LogP contribution is -2.30. The topological polar surface area (TPSA) is 64.6 Å². The van der Waals surface area contributed by atoms with E-state index in [4.69, 9.17) is 9.47 Å². The van der Waals surface area contributed by atoms with E-state index in [-0.39, 0.29) is 5.91 Å². The van der Waals surface area contributed by atoms with E-state index in [1.807, 2.05) is 53.4 Å². The van der Waals surface area contributed by atoms with Crippen molar-refractivity contribution >= 4 is 5.91 Å². The van der Waals surface area contributed by atoms with Crippen molar-refractivity contribution in [2.45, 2.75) is 19.4 Å². The summed E-state index contributed by atoms with van der Waals surface area (Å²) in [5, 5.41) is 0. The third kappa shape index (κ3) is 4.42. The summed E-state index contributed by atoms with van der Waals surface area (Å²) < 4.78 is 11.1. The van der Waals surface area contributed by atoms with Gasteiger partial charge in [0.2, 0.25) is 0 Å². The van der Waals surface area contributed by atoms with Crippen LogP contribution in [0, 0.1) is 0 Å². The SMILES string of the molecule is O=C(c1cccc(C2OCCO2)c1)N(Cc1ccncc1)Cc1cccnc1. The Morgan fingerprint density at radius 2 is 1.71 bits per heavy atom. The van der Waals surface area contributed by atoms with Gasteiger partial charge in [0.25, 0.3) is 5.91 Å². The zero-order valence-corrected chi connectivity index (χ0v) is 15.4. The Bertz CT molecular complexity index is 871. The first kappa shape index (κ1) is 18.3. The average molecular weight is 375 g/mol. The maximum Gasteiger partial charge on any atom is 0.254 e. The molecule has 1 amide bonds. The van der Waals surface area contributed by atoms with Gasteiger partial charge in [-0.1, -0.05) is 18.2 Å². The van der Waals surface area contributed by atoms with Crippen molar-refractivity contribution < 1.29 is 14.3 Å². The van der Waals surface area contributed by atoms with E-state index in [0.29, 0.717) is 31.9 Å². The van der Waals surface area contributed by atoms with Gasteiger partial charge in [-0.15, -0.1) is 0 Å². The lowest BCUT2D eigenvalue weighted by atomic mass is 10.1. The average Bonchev–Trinajstić information content (AvgIpc) is 3.29. The zero-order chi connectivity index (χ0) is 19.2. The first-order chi connectivity index (χ1) is 13.8. The fourth-order valence-electron chi connectivity index (χ4n) is 3.17. The van der Waals surface area contributed by atoms with Crippen LogP contribution in [0.1, 0.15) is 33.3 Å². The molecule has 2 aromatic heterocycles. The Labute approximate surface area is 163 Å². The van der Waals surface area contributed by atoms with Gasteiger partial charge in [-0.25, -0.2) is 0 Å². The minimum atomic E-state index is -0.403. The maximum absolute atomic E-state index is 13.3. The van der Waals surface area contributed by atoms with Gasteiger partial charge in [-0.2, -0.15) is 0 Å². The van der Waals surface area contributed by atoms with Crippen LogP contribution < -0.4 is 0 Å². The molecule has 0 radical (unpaired) electrons. The third-order valence-electron chi connectivity index (χ3n) is 4.53. The van der Waals surface area contributed by atoms with Crippen LogP contribution in [0.15, 0.2) is 73.3 Å². The summed E-state index contributed by atoms with van der Waals surface area (Å²) in [6.07, 6.45) is 6.57. The van der Waals surface area contributed by atoms with Crippen molar-refractivity contribution in [2.75, 3.05) is 13.2 Å². The van der Waals surface area contributed by atoms with Gasteiger partial charge < -0.3 is 14.4 Å². The van der Waals surface area contributed by atoms with Crippen LogP contribution in [0.3, 0.4) is 0 Å². The normalized spacial score (nSPS) is 14.1. The van der Waals surface area contributed by atoms with E-state index >= 15 is 0 Å². The van der Waals surface area contributed by atoms with Gasteiger partial charge in [-0.05, 0) is 41.5 Å². The number of nitrogens with zero attached hydrogens (tertiary/aromatic N) is 3. The van der Waals surface area contributed by atoms with Crippen molar-refractivity contribution in [3.63, 3.8) is 0 Å². The molecule has 0 aliphatic carbocycles. The molecule has 142 valence electrons. The summed E-state index contributed by atoms with van der Waals surface area (Å²) in [7, 11) is 0. The first-order valence-electron chi connectivity index (χ1n) is 9.20. The molecule has 0 unspecified atom stereocenters. The smallest absolute Gasteiger partial charge is 0.254 e. The number of hydrogen-bond donors (Lipinski definition) is 0. The molecule has 1 aliphatic rings. The van der Waals surface area contributed by atoms with E-state index in [1.54, 1.807) is 24.8 Å². The molecule has 6 heteroatoms. The number of carbonyl (C=O) groups is 1. The van der Waals surface area contributed by atoms with Crippen LogP contribution in [-0.4, -0.2) is 34.0 Å². The molecule has 28 heavy (non-hydrogen) atoms. The molecular weight excluding hydrogens is 354 g/mol. The van der Waals surface area contributed by atoms with Crippen molar-refractivity contribution in [1.82, 2.24) is 14.9 Å². The largest absolute Gasteiger partial charge is 0.346 e. The van der Waals surface area contributed by atoms with Gasteiger partial charge in [0.1, 0.15) is 0 Å². The number of hydrogen-bond acceptors (Lipinski definition) is 5. The number of amides is 1. The minimum absolute atomic E-state index is 0.0551. The predicted octanol–water partition coefficient (Wildman–Crippen LogP) is 3.36. The number of benzene rings is 1. The van der Waals surface area contributed by atoms with Crippen molar-refractivity contribution in [3.8, 4) is 0 Å². The first-order valence-corrected chi connectivity index (χ1v) is 9.20. The molecular formula is C22H21N3O3. The second-order valence-electron chi connectivity index (χ2n) is 6.58. The van der Waals surface area contributed by atoms with E-state index in [0.717, 1.165) is 16.7 Å². The van der Waals surface area contributed by atoms with Gasteiger partial charge in [0, 0.05) is 49.0 Å². The lowest BCUT2D eigenvalue weighted by molar-refractivity contribution is -0.0441. The number of carbonyl (C=O) groups excluding carboxylic acids is 1. The second-order valence-corrected chi connectivity index (χ2v) is 6.58. The van der Waals surface area contributed by atoms with Crippen LogP contribution in [0.5, 0.6) is 0 Å². The van der Waals surface area contributed by atoms with Crippen LogP contribution >= 0.6 is 0 Å². The van der Waals surface area contributed by atoms with Crippen molar-refractivity contribution in [2.24, 2.45) is 0 Å². The molecule has 0 N–H and O–H groups in total. The molecule has 0 spiro atoms. The molecule has 6 nitrogen and oxygen atoms in total. The molecule has 1 fully saturated rings. The van der Waals surface area contributed by atoms with Crippen LogP contribution in [0.4, 0.5) is 0 Å². The standard InChI is InChI=1S/C22H21N3O3/c26-21(19-4-1-5-20(13-19)22-27-11-12-28-22)25(15-17-6-9-23-10-7-17)16-18-3-2-8-24-14-18/h1-10,13-14,22H,11-12,15-16H2. The Morgan fingerprint density at radius 3 is 2.46 bits per heavy atom. The Balaban J connectivity index is 1.59. The summed E-state index contributed by atoms with van der Waals surface area (Å²) in [6.45, 7) is 2.09. The fraction of sp³-hybridized carbons (Fsp3) is 0.227. The van der Waals surface area contributed by atoms with Crippen molar-refractivity contribution in [1.29, 1.82) is 0 Å². The highest BCUT2D eigenvalue weighted by atomic mass is 16.7. The summed E-state index contributed by atoms with van der Waals surface area (Å²) in [5.41, 5.74) is 3.46. The van der Waals surface area contributed by atoms with E-state index in [2.05, 4.69) is 9.97 Å². The molecule has 0 saturated carbocycles. The van der Waals surface area contributed by atoms with E-state index < -0.39 is 6.29 Å². The van der Waals surface area contributed by atoms with Crippen molar-refractivity contribution in [3.05, 3.63) is 95.6 Å². The zero-order valence-electron chi connectivity index (χ0n) is 15.4. The molecule has 1 aromatic carbocycles. The Kier molecular flexibility index (Phi) is 5.70. The summed E-state index contributed by atoms with van der Waals surface area (Å²) in [6, 6.07) is 15.1. The van der Waals surface area contributed by atoms with Gasteiger partial charge in [0.05, 0.1) is 13.2 Å². The Hall–Kier alpha value is -3.09. The molecule has 1 saturated heterocycles. The number of rotatable bonds is 6. The highest BCUT2D eigenvalue weighted by Crippen LogP contribution is 2.24. The van der Waals surface area contributed by atoms with Crippen LogP contribution in [-0.2, 0) is 22.6 Å². The quantitative estimate of drug-likeness (QED) is 0.661. The van der Waals surface area contributed by atoms with Crippen LogP contribution in [0.2, 0.25) is 0 Å². The second kappa shape index (κ2) is 8.73. The molecule has 0 atom stereocenters. The van der Waals surface area contributed by atoms with Crippen LogP contribution in [0.25, 0.3) is 0 Å². The van der Waals surface area contributed by atoms with E-state index in [9.17, 15) is 4.79 Å². The molecule has 4 rings (SSSR count). The van der Waals surface area contributed by atoms with Gasteiger partial charge in [-0.3, -0.25) is 14.8 Å². The highest BCUT2D eigenvalue weighted by molar-refractivity contribution is 5.94.